The van der Waals surface area contributed by atoms with Gasteiger partial charge >= 0.3 is 0 Å². The van der Waals surface area contributed by atoms with Crippen LogP contribution in [0.25, 0.3) is 0 Å². The van der Waals surface area contributed by atoms with Crippen LogP contribution < -0.4 is 10.6 Å². The number of carbonyl (C=O) groups is 1. The molecule has 14 heavy (non-hydrogen) atoms. The van der Waals surface area contributed by atoms with Crippen molar-refractivity contribution in [3.8, 4) is 0 Å². The van der Waals surface area contributed by atoms with Gasteiger partial charge in [0.05, 0.1) is 13.2 Å². The minimum Gasteiger partial charge on any atom is -0.431 e. The summed E-state index contributed by atoms with van der Waals surface area (Å²) >= 11 is 0. The number of primary amides is 1. The first-order chi connectivity index (χ1) is 6.77. The van der Waals surface area contributed by atoms with Gasteiger partial charge in [0, 0.05) is 13.1 Å². The SMILES string of the molecule is NC(=O)c1coc(N2CCOCC2)n1. The number of ether oxygens (including phenoxy) is 1. The van der Waals surface area contributed by atoms with E-state index in [2.05, 4.69) is 4.98 Å². The molecule has 2 heterocycles. The third kappa shape index (κ3) is 1.69. The van der Waals surface area contributed by atoms with Gasteiger partial charge in [-0.25, -0.2) is 0 Å². The second-order valence-electron chi connectivity index (χ2n) is 2.98. The molecule has 2 N–H and O–H groups in total. The van der Waals surface area contributed by atoms with Crippen LogP contribution in [0.3, 0.4) is 0 Å². The predicted octanol–water partition coefficient (Wildman–Crippen LogP) is -0.390. The molecule has 1 saturated heterocycles. The van der Waals surface area contributed by atoms with Gasteiger partial charge in [0.2, 0.25) is 0 Å². The first-order valence-corrected chi connectivity index (χ1v) is 4.35. The van der Waals surface area contributed by atoms with Crippen LogP contribution >= 0.6 is 0 Å². The van der Waals surface area contributed by atoms with E-state index in [0.29, 0.717) is 19.2 Å². The highest BCUT2D eigenvalue weighted by molar-refractivity contribution is 5.90. The topological polar surface area (TPSA) is 81.6 Å². The summed E-state index contributed by atoms with van der Waals surface area (Å²) in [6, 6.07) is 0.432. The number of hydrogen-bond acceptors (Lipinski definition) is 5. The van der Waals surface area contributed by atoms with E-state index in [9.17, 15) is 4.79 Å². The summed E-state index contributed by atoms with van der Waals surface area (Å²) in [6.07, 6.45) is 1.27. The molecular weight excluding hydrogens is 186 g/mol. The van der Waals surface area contributed by atoms with Gasteiger partial charge in [-0.15, -0.1) is 0 Å². The highest BCUT2D eigenvalue weighted by Gasteiger charge is 2.17. The van der Waals surface area contributed by atoms with Crippen molar-refractivity contribution >= 4 is 11.9 Å². The maximum absolute atomic E-state index is 10.8. The third-order valence-corrected chi connectivity index (χ3v) is 2.03. The quantitative estimate of drug-likeness (QED) is 0.698. The van der Waals surface area contributed by atoms with Crippen LogP contribution in [0.1, 0.15) is 10.5 Å². The molecule has 0 saturated carbocycles. The van der Waals surface area contributed by atoms with E-state index in [4.69, 9.17) is 14.9 Å². The maximum Gasteiger partial charge on any atom is 0.298 e. The van der Waals surface area contributed by atoms with Crippen LogP contribution in [0.4, 0.5) is 6.01 Å². The highest BCUT2D eigenvalue weighted by Crippen LogP contribution is 2.14. The Morgan fingerprint density at radius 1 is 1.50 bits per heavy atom. The number of morpholine rings is 1. The van der Waals surface area contributed by atoms with Gasteiger partial charge in [-0.1, -0.05) is 0 Å². The number of hydrogen-bond donors (Lipinski definition) is 1. The van der Waals surface area contributed by atoms with E-state index in [-0.39, 0.29) is 5.69 Å². The largest absolute Gasteiger partial charge is 0.431 e. The highest BCUT2D eigenvalue weighted by atomic mass is 16.5. The van der Waals surface area contributed by atoms with Gasteiger partial charge in [-0.3, -0.25) is 4.79 Å². The van der Waals surface area contributed by atoms with E-state index in [1.165, 1.54) is 6.26 Å². The molecule has 6 nitrogen and oxygen atoms in total. The smallest absolute Gasteiger partial charge is 0.298 e. The molecule has 1 fully saturated rings. The second-order valence-corrected chi connectivity index (χ2v) is 2.98. The van der Waals surface area contributed by atoms with E-state index >= 15 is 0 Å². The number of rotatable bonds is 2. The first-order valence-electron chi connectivity index (χ1n) is 4.35. The van der Waals surface area contributed by atoms with E-state index in [1.54, 1.807) is 0 Å². The molecule has 1 aromatic rings. The van der Waals surface area contributed by atoms with Gasteiger partial charge in [0.15, 0.2) is 5.69 Å². The Hall–Kier alpha value is -1.56. The molecule has 0 aliphatic carbocycles. The zero-order valence-electron chi connectivity index (χ0n) is 7.60. The van der Waals surface area contributed by atoms with Crippen LogP contribution in [-0.2, 0) is 4.74 Å². The fraction of sp³-hybridized carbons (Fsp3) is 0.500. The summed E-state index contributed by atoms with van der Waals surface area (Å²) in [4.78, 5) is 16.6. The molecule has 0 unspecified atom stereocenters. The minimum atomic E-state index is -0.576. The van der Waals surface area contributed by atoms with Gasteiger partial charge in [0.25, 0.3) is 11.9 Å². The lowest BCUT2D eigenvalue weighted by molar-refractivity contribution is 0.0995. The summed E-state index contributed by atoms with van der Waals surface area (Å²) in [5, 5.41) is 0. The number of amides is 1. The lowest BCUT2D eigenvalue weighted by Gasteiger charge is -2.24. The Morgan fingerprint density at radius 2 is 2.21 bits per heavy atom. The van der Waals surface area contributed by atoms with Gasteiger partial charge in [0.1, 0.15) is 6.26 Å². The Labute approximate surface area is 80.6 Å². The van der Waals surface area contributed by atoms with Crippen LogP contribution in [0, 0.1) is 0 Å². The molecule has 1 aromatic heterocycles. The lowest BCUT2D eigenvalue weighted by Crippen LogP contribution is -2.36. The van der Waals surface area contributed by atoms with E-state index in [0.717, 1.165) is 13.1 Å². The molecule has 1 amide bonds. The molecule has 1 aliphatic rings. The van der Waals surface area contributed by atoms with Crippen molar-refractivity contribution in [2.24, 2.45) is 5.73 Å². The van der Waals surface area contributed by atoms with Crippen LogP contribution in [0.15, 0.2) is 10.7 Å². The Morgan fingerprint density at radius 3 is 2.79 bits per heavy atom. The average molecular weight is 197 g/mol. The van der Waals surface area contributed by atoms with Crippen molar-refractivity contribution in [2.45, 2.75) is 0 Å². The molecule has 2 rings (SSSR count). The molecule has 0 radical (unpaired) electrons. The van der Waals surface area contributed by atoms with Crippen LogP contribution in [0.2, 0.25) is 0 Å². The van der Waals surface area contributed by atoms with Crippen LogP contribution in [-0.4, -0.2) is 37.2 Å². The predicted molar refractivity (Wildman–Crippen MR) is 48.1 cm³/mol. The van der Waals surface area contributed by atoms with E-state index in [1.807, 2.05) is 4.90 Å². The Bertz CT molecular complexity index is 330. The van der Waals surface area contributed by atoms with Gasteiger partial charge < -0.3 is 19.8 Å². The molecule has 1 aliphatic heterocycles. The second kappa shape index (κ2) is 3.67. The molecule has 6 heteroatoms. The van der Waals surface area contributed by atoms with Gasteiger partial charge in [-0.2, -0.15) is 4.98 Å². The molecule has 76 valence electrons. The van der Waals surface area contributed by atoms with Crippen molar-refractivity contribution in [3.63, 3.8) is 0 Å². The van der Waals surface area contributed by atoms with Crippen molar-refractivity contribution < 1.29 is 13.9 Å². The number of carbonyl (C=O) groups excluding carboxylic acids is 1. The fourth-order valence-corrected chi connectivity index (χ4v) is 1.28. The summed E-state index contributed by atoms with van der Waals surface area (Å²) in [6.45, 7) is 2.74. The zero-order chi connectivity index (χ0) is 9.97. The fourth-order valence-electron chi connectivity index (χ4n) is 1.28. The monoisotopic (exact) mass is 197 g/mol. The van der Waals surface area contributed by atoms with Gasteiger partial charge in [-0.05, 0) is 0 Å². The summed E-state index contributed by atoms with van der Waals surface area (Å²) in [5.74, 6) is -0.576. The van der Waals surface area contributed by atoms with Crippen molar-refractivity contribution in [1.29, 1.82) is 0 Å². The summed E-state index contributed by atoms with van der Waals surface area (Å²) in [5.41, 5.74) is 5.21. The van der Waals surface area contributed by atoms with Crippen molar-refractivity contribution in [2.75, 3.05) is 31.2 Å². The summed E-state index contributed by atoms with van der Waals surface area (Å²) in [7, 11) is 0. The van der Waals surface area contributed by atoms with E-state index < -0.39 is 5.91 Å². The molecule has 0 bridgehead atoms. The van der Waals surface area contributed by atoms with Crippen LogP contribution in [0.5, 0.6) is 0 Å². The standard InChI is InChI=1S/C8H11N3O3/c9-7(12)6-5-14-8(10-6)11-1-3-13-4-2-11/h5H,1-4H2,(H2,9,12). The summed E-state index contributed by atoms with van der Waals surface area (Å²) < 4.78 is 10.3. The number of anilines is 1. The maximum atomic E-state index is 10.8. The first kappa shape index (κ1) is 9.01. The van der Waals surface area contributed by atoms with Crippen molar-refractivity contribution in [3.05, 3.63) is 12.0 Å². The molecule has 0 spiro atoms. The third-order valence-electron chi connectivity index (χ3n) is 2.03. The molecular formula is C8H11N3O3. The normalized spacial score (nSPS) is 17.0. The number of nitrogens with two attached hydrogens (primary N) is 1. The molecule has 0 aromatic carbocycles. The minimum absolute atomic E-state index is 0.159. The number of nitrogens with zero attached hydrogens (tertiary/aromatic N) is 2. The number of oxazole rings is 1. The zero-order valence-corrected chi connectivity index (χ0v) is 7.60. The average Bonchev–Trinajstić information content (AvgIpc) is 2.68. The Kier molecular flexibility index (Phi) is 2.36. The number of aromatic nitrogens is 1. The molecule has 0 atom stereocenters. The lowest BCUT2D eigenvalue weighted by atomic mass is 10.4. The van der Waals surface area contributed by atoms with Crippen molar-refractivity contribution in [1.82, 2.24) is 4.98 Å². The Balaban J connectivity index is 2.11.